The van der Waals surface area contributed by atoms with Crippen molar-refractivity contribution in [2.75, 3.05) is 6.54 Å². The van der Waals surface area contributed by atoms with Crippen LogP contribution in [0.15, 0.2) is 0 Å². The number of carbonyl (C=O) groups is 2. The Balaban J connectivity index is 3.94. The molecule has 0 aromatic rings. The van der Waals surface area contributed by atoms with E-state index in [-0.39, 0.29) is 6.42 Å². The zero-order valence-electron chi connectivity index (χ0n) is 15.2. The monoisotopic (exact) mass is 345 g/mol. The van der Waals surface area contributed by atoms with Gasteiger partial charge in [-0.15, -0.1) is 0 Å². The van der Waals surface area contributed by atoms with Gasteiger partial charge in [-0.1, -0.05) is 45.4 Å². The molecule has 0 spiro atoms. The van der Waals surface area contributed by atoms with E-state index >= 15 is 0 Å². The van der Waals surface area contributed by atoms with E-state index in [1.165, 1.54) is 6.42 Å². The molecule has 0 bridgehead atoms. The fourth-order valence-electron chi connectivity index (χ4n) is 2.69. The lowest BCUT2D eigenvalue weighted by molar-refractivity contribution is -0.140. The Kier molecular flexibility index (Phi) is 12.6. The molecule has 0 heterocycles. The molecule has 0 aliphatic carbocycles. The second-order valence-corrected chi connectivity index (χ2v) is 6.90. The minimum Gasteiger partial charge on any atom is -0.481 e. The van der Waals surface area contributed by atoms with Gasteiger partial charge in [0.1, 0.15) is 6.04 Å². The Hall–Kier alpha value is -1.14. The number of carboxylic acid groups (broad SMARTS) is 2. The number of aliphatic hydroxyl groups is 1. The van der Waals surface area contributed by atoms with Crippen LogP contribution >= 0.6 is 0 Å². The van der Waals surface area contributed by atoms with Gasteiger partial charge in [0.15, 0.2) is 0 Å². The van der Waals surface area contributed by atoms with Crippen LogP contribution in [0.5, 0.6) is 0 Å². The fourth-order valence-corrected chi connectivity index (χ4v) is 2.69. The number of hydrogen-bond donors (Lipinski definition) is 4. The lowest BCUT2D eigenvalue weighted by Gasteiger charge is -2.24. The first-order valence-corrected chi connectivity index (χ1v) is 9.19. The summed E-state index contributed by atoms with van der Waals surface area (Å²) < 4.78 is 0. The molecule has 2 atom stereocenters. The predicted molar refractivity (Wildman–Crippen MR) is 94.1 cm³/mol. The molecular formula is C18H35NO5. The van der Waals surface area contributed by atoms with Crippen molar-refractivity contribution in [1.82, 2.24) is 5.32 Å². The first-order chi connectivity index (χ1) is 11.3. The minimum absolute atomic E-state index is 0.131. The average molecular weight is 345 g/mol. The van der Waals surface area contributed by atoms with Crippen molar-refractivity contribution in [2.45, 2.75) is 96.1 Å². The highest BCUT2D eigenvalue weighted by Gasteiger charge is 2.21. The van der Waals surface area contributed by atoms with Gasteiger partial charge in [0, 0.05) is 6.42 Å². The Labute approximate surface area is 145 Å². The topological polar surface area (TPSA) is 107 Å². The van der Waals surface area contributed by atoms with Crippen molar-refractivity contribution in [2.24, 2.45) is 0 Å². The number of unbranched alkanes of at least 4 members (excludes halogenated alkanes) is 5. The van der Waals surface area contributed by atoms with Gasteiger partial charge < -0.3 is 20.6 Å². The molecule has 6 heteroatoms. The molecule has 0 saturated carbocycles. The van der Waals surface area contributed by atoms with E-state index in [4.69, 9.17) is 5.11 Å². The van der Waals surface area contributed by atoms with E-state index in [0.717, 1.165) is 25.7 Å². The smallest absolute Gasteiger partial charge is 0.320 e. The summed E-state index contributed by atoms with van der Waals surface area (Å²) in [4.78, 5) is 21.7. The molecule has 142 valence electrons. The molecule has 4 N–H and O–H groups in total. The number of aliphatic carboxylic acids is 2. The van der Waals surface area contributed by atoms with E-state index in [9.17, 15) is 19.8 Å². The maximum atomic E-state index is 11.3. The van der Waals surface area contributed by atoms with Crippen molar-refractivity contribution >= 4 is 11.9 Å². The van der Waals surface area contributed by atoms with Crippen LogP contribution in [0, 0.1) is 0 Å². The number of nitrogens with one attached hydrogen (secondary N) is 1. The zero-order chi connectivity index (χ0) is 18.4. The van der Waals surface area contributed by atoms with E-state index in [2.05, 4.69) is 12.2 Å². The van der Waals surface area contributed by atoms with Crippen molar-refractivity contribution in [1.29, 1.82) is 0 Å². The number of carboxylic acids is 2. The van der Waals surface area contributed by atoms with Crippen molar-refractivity contribution in [3.05, 3.63) is 0 Å². The quantitative estimate of drug-likeness (QED) is 0.320. The van der Waals surface area contributed by atoms with Gasteiger partial charge in [0.2, 0.25) is 0 Å². The van der Waals surface area contributed by atoms with Gasteiger partial charge in [-0.2, -0.15) is 0 Å². The van der Waals surface area contributed by atoms with Crippen molar-refractivity contribution in [3.8, 4) is 0 Å². The maximum Gasteiger partial charge on any atom is 0.320 e. The minimum atomic E-state index is -0.893. The summed E-state index contributed by atoms with van der Waals surface area (Å²) in [6.07, 6.45) is 8.31. The molecule has 24 heavy (non-hydrogen) atoms. The summed E-state index contributed by atoms with van der Waals surface area (Å²) in [6.45, 7) is 4.42. The summed E-state index contributed by atoms with van der Waals surface area (Å²) >= 11 is 0. The second-order valence-electron chi connectivity index (χ2n) is 6.90. The zero-order valence-corrected chi connectivity index (χ0v) is 15.2. The van der Waals surface area contributed by atoms with Gasteiger partial charge in [-0.3, -0.25) is 9.59 Å². The number of hydrogen-bond acceptors (Lipinski definition) is 4. The van der Waals surface area contributed by atoms with Gasteiger partial charge in [0.05, 0.1) is 5.60 Å². The summed E-state index contributed by atoms with van der Waals surface area (Å²) in [6, 6.07) is -0.634. The van der Waals surface area contributed by atoms with Crippen LogP contribution in [0.1, 0.15) is 84.5 Å². The summed E-state index contributed by atoms with van der Waals surface area (Å²) in [5.41, 5.74) is -0.759. The average Bonchev–Trinajstić information content (AvgIpc) is 2.49. The normalized spacial score (nSPS) is 15.0. The Morgan fingerprint density at radius 2 is 1.67 bits per heavy atom. The highest BCUT2D eigenvalue weighted by atomic mass is 16.4. The Morgan fingerprint density at radius 1 is 1.00 bits per heavy atom. The predicted octanol–water partition coefficient (Wildman–Crippen LogP) is 3.18. The molecule has 0 aliphatic rings. The molecular weight excluding hydrogens is 310 g/mol. The third kappa shape index (κ3) is 13.3. The van der Waals surface area contributed by atoms with E-state index in [1.54, 1.807) is 0 Å². The SMILES string of the molecule is CCCCCCC(C)(O)CCNC(CCCCCC(=O)O)C(=O)O. The van der Waals surface area contributed by atoms with E-state index in [0.29, 0.717) is 38.6 Å². The molecule has 0 amide bonds. The first kappa shape index (κ1) is 22.9. The molecule has 6 nitrogen and oxygen atoms in total. The molecule has 0 aliphatic heterocycles. The molecule has 0 fully saturated rings. The van der Waals surface area contributed by atoms with Gasteiger partial charge >= 0.3 is 11.9 Å². The van der Waals surface area contributed by atoms with Crippen LogP contribution in [-0.2, 0) is 9.59 Å². The first-order valence-electron chi connectivity index (χ1n) is 9.19. The van der Waals surface area contributed by atoms with Crippen molar-refractivity contribution in [3.63, 3.8) is 0 Å². The van der Waals surface area contributed by atoms with E-state index < -0.39 is 23.6 Å². The molecule has 0 aromatic carbocycles. The van der Waals surface area contributed by atoms with Crippen LogP contribution in [0.2, 0.25) is 0 Å². The lowest BCUT2D eigenvalue weighted by Crippen LogP contribution is -2.40. The summed E-state index contributed by atoms with van der Waals surface area (Å²) in [5.74, 6) is -1.71. The number of rotatable bonds is 16. The third-order valence-corrected chi connectivity index (χ3v) is 4.30. The van der Waals surface area contributed by atoms with Crippen LogP contribution in [0.25, 0.3) is 0 Å². The molecule has 0 aromatic heterocycles. The van der Waals surface area contributed by atoms with Crippen LogP contribution < -0.4 is 5.32 Å². The molecule has 0 rings (SSSR count). The summed E-state index contributed by atoms with van der Waals surface area (Å²) in [7, 11) is 0. The standard InChI is InChI=1S/C18H35NO5/c1-3-4-5-9-12-18(2,24)13-14-19-15(17(22)23)10-7-6-8-11-16(20)21/h15,19,24H,3-14H2,1-2H3,(H,20,21)(H,22,23). The van der Waals surface area contributed by atoms with Gasteiger partial charge in [0.25, 0.3) is 0 Å². The van der Waals surface area contributed by atoms with Crippen LogP contribution in [0.3, 0.4) is 0 Å². The molecule has 0 saturated heterocycles. The largest absolute Gasteiger partial charge is 0.481 e. The Morgan fingerprint density at radius 3 is 2.25 bits per heavy atom. The van der Waals surface area contributed by atoms with E-state index in [1.807, 2.05) is 6.92 Å². The lowest BCUT2D eigenvalue weighted by atomic mass is 9.94. The molecule has 0 radical (unpaired) electrons. The maximum absolute atomic E-state index is 11.3. The fraction of sp³-hybridized carbons (Fsp3) is 0.889. The van der Waals surface area contributed by atoms with Gasteiger partial charge in [-0.05, 0) is 39.2 Å². The Bertz CT molecular complexity index is 357. The third-order valence-electron chi connectivity index (χ3n) is 4.30. The van der Waals surface area contributed by atoms with Crippen molar-refractivity contribution < 1.29 is 24.9 Å². The second kappa shape index (κ2) is 13.2. The summed E-state index contributed by atoms with van der Waals surface area (Å²) in [5, 5.41) is 31.1. The van der Waals surface area contributed by atoms with Crippen LogP contribution in [-0.4, -0.2) is 45.4 Å². The van der Waals surface area contributed by atoms with Gasteiger partial charge in [-0.25, -0.2) is 0 Å². The molecule has 2 unspecified atom stereocenters. The highest BCUT2D eigenvalue weighted by molar-refractivity contribution is 5.73. The highest BCUT2D eigenvalue weighted by Crippen LogP contribution is 2.18. The van der Waals surface area contributed by atoms with Crippen LogP contribution in [0.4, 0.5) is 0 Å².